The van der Waals surface area contributed by atoms with Crippen LogP contribution in [0.15, 0.2) is 0 Å². The molecule has 100 valence electrons. The summed E-state index contributed by atoms with van der Waals surface area (Å²) in [7, 11) is 0. The van der Waals surface area contributed by atoms with Gasteiger partial charge in [-0.1, -0.05) is 13.8 Å². The second-order valence-corrected chi connectivity index (χ2v) is 2.89. The van der Waals surface area contributed by atoms with E-state index in [1.165, 1.54) is 0 Å². The fraction of sp³-hybridized carbons (Fsp3) is 0.700. The monoisotopic (exact) mass is 262 g/mol. The molecule has 3 N–H and O–H groups in total. The summed E-state index contributed by atoms with van der Waals surface area (Å²) in [6, 6.07) is 0. The molecule has 0 fully saturated rings. The molecule has 0 aliphatic carbocycles. The number of carboxylic acid groups (broad SMARTS) is 3. The summed E-state index contributed by atoms with van der Waals surface area (Å²) in [5.74, 6) is -2.47. The predicted molar refractivity (Wildman–Crippen MR) is 66.3 cm³/mol. The van der Waals surface area contributed by atoms with Crippen LogP contribution in [0.5, 0.6) is 0 Å². The first-order chi connectivity index (χ1) is 7.18. The van der Waals surface area contributed by atoms with Crippen molar-refractivity contribution in [3.05, 3.63) is 0 Å². The van der Waals surface area contributed by atoms with Crippen LogP contribution in [0.4, 0.5) is 0 Å². The predicted octanol–water partition coefficient (Wildman–Crippen LogP) is 1.53. The van der Waals surface area contributed by atoms with Crippen molar-refractivity contribution in [2.24, 2.45) is 5.92 Å². The van der Waals surface area contributed by atoms with E-state index >= 15 is 0 Å². The van der Waals surface area contributed by atoms with Crippen LogP contribution in [0.1, 0.15) is 43.4 Å². The Morgan fingerprint density at radius 3 is 1.12 bits per heavy atom. The first-order valence-electron chi connectivity index (χ1n) is 4.80. The third kappa shape index (κ3) is 51.2. The third-order valence-corrected chi connectivity index (χ3v) is 1.33. The number of hydrogen-bond donors (Lipinski definition) is 3. The number of rotatable bonds is 3. The molecule has 0 amide bonds. The van der Waals surface area contributed by atoms with Crippen molar-refractivity contribution in [2.45, 2.75) is 40.5 Å². The SMILES string of the molecule is CC(=O)O.CC(=O)O.CCC(CC)C(=O)O.[H-].[H-].[Mg+2]. The van der Waals surface area contributed by atoms with Crippen molar-refractivity contribution in [3.63, 3.8) is 0 Å². The van der Waals surface area contributed by atoms with Crippen molar-refractivity contribution < 1.29 is 32.6 Å². The number of hydrogen-bond acceptors (Lipinski definition) is 3. The van der Waals surface area contributed by atoms with Gasteiger partial charge in [0.25, 0.3) is 11.9 Å². The molecule has 0 radical (unpaired) electrons. The van der Waals surface area contributed by atoms with E-state index in [4.69, 9.17) is 24.9 Å². The molecule has 0 rings (SSSR count). The van der Waals surface area contributed by atoms with E-state index in [-0.39, 0.29) is 31.8 Å². The third-order valence-electron chi connectivity index (χ3n) is 1.33. The van der Waals surface area contributed by atoms with E-state index in [1.54, 1.807) is 0 Å². The van der Waals surface area contributed by atoms with E-state index in [0.717, 1.165) is 26.7 Å². The first-order valence-corrected chi connectivity index (χ1v) is 4.80. The van der Waals surface area contributed by atoms with Crippen LogP contribution in [0.3, 0.4) is 0 Å². The molecule has 0 saturated heterocycles. The summed E-state index contributed by atoms with van der Waals surface area (Å²) < 4.78 is 0. The van der Waals surface area contributed by atoms with Crippen LogP contribution in [-0.2, 0) is 14.4 Å². The van der Waals surface area contributed by atoms with Gasteiger partial charge in [0.2, 0.25) is 0 Å². The zero-order chi connectivity index (χ0) is 13.7. The number of carbonyl (C=O) groups is 3. The van der Waals surface area contributed by atoms with Gasteiger partial charge in [0.1, 0.15) is 0 Å². The van der Waals surface area contributed by atoms with E-state index in [9.17, 15) is 4.79 Å². The molecule has 7 heteroatoms. The quantitative estimate of drug-likeness (QED) is 0.665. The van der Waals surface area contributed by atoms with Crippen LogP contribution in [0, 0.1) is 5.92 Å². The van der Waals surface area contributed by atoms with Crippen LogP contribution < -0.4 is 0 Å². The Bertz CT molecular complexity index is 202. The molecule has 0 aromatic rings. The second kappa shape index (κ2) is 17.6. The molecular weight excluding hydrogens is 240 g/mol. The molecule has 0 heterocycles. The molecule has 0 aliphatic heterocycles. The van der Waals surface area contributed by atoms with E-state index in [0.29, 0.717) is 0 Å². The van der Waals surface area contributed by atoms with Gasteiger partial charge in [0, 0.05) is 13.8 Å². The Kier molecular flexibility index (Phi) is 26.0. The Balaban J connectivity index is -0.0000000337. The van der Waals surface area contributed by atoms with Gasteiger partial charge in [-0.05, 0) is 12.8 Å². The van der Waals surface area contributed by atoms with Crippen molar-refractivity contribution in [1.82, 2.24) is 0 Å². The maximum atomic E-state index is 10.2. The largest absolute Gasteiger partial charge is 2.00 e. The van der Waals surface area contributed by atoms with Gasteiger partial charge in [0.05, 0.1) is 5.92 Å². The fourth-order valence-electron chi connectivity index (χ4n) is 0.638. The Hall–Kier alpha value is -0.824. The van der Waals surface area contributed by atoms with E-state index in [2.05, 4.69) is 0 Å². The van der Waals surface area contributed by atoms with Crippen molar-refractivity contribution >= 4 is 41.0 Å². The van der Waals surface area contributed by atoms with Gasteiger partial charge in [-0.15, -0.1) is 0 Å². The zero-order valence-corrected chi connectivity index (χ0v) is 12.2. The van der Waals surface area contributed by atoms with Crippen molar-refractivity contribution in [1.29, 1.82) is 0 Å². The van der Waals surface area contributed by atoms with Gasteiger partial charge < -0.3 is 18.2 Å². The minimum Gasteiger partial charge on any atom is -1.00 e. The topological polar surface area (TPSA) is 112 Å². The molecule has 0 aliphatic rings. The molecule has 17 heavy (non-hydrogen) atoms. The van der Waals surface area contributed by atoms with Crippen LogP contribution in [0.2, 0.25) is 0 Å². The van der Waals surface area contributed by atoms with Gasteiger partial charge in [-0.2, -0.15) is 0 Å². The van der Waals surface area contributed by atoms with Crippen LogP contribution >= 0.6 is 0 Å². The maximum absolute atomic E-state index is 10.2. The summed E-state index contributed by atoms with van der Waals surface area (Å²) in [6.45, 7) is 5.95. The molecule has 0 unspecified atom stereocenters. The molecule has 0 spiro atoms. The maximum Gasteiger partial charge on any atom is 2.00 e. The normalized spacial score (nSPS) is 7.59. The molecule has 0 atom stereocenters. The molecule has 0 saturated carbocycles. The van der Waals surface area contributed by atoms with Crippen LogP contribution in [0.25, 0.3) is 0 Å². The molecule has 6 nitrogen and oxygen atoms in total. The van der Waals surface area contributed by atoms with E-state index in [1.807, 2.05) is 13.8 Å². The molecule has 0 aromatic heterocycles. The van der Waals surface area contributed by atoms with Crippen LogP contribution in [-0.4, -0.2) is 56.3 Å². The van der Waals surface area contributed by atoms with Crippen molar-refractivity contribution in [2.75, 3.05) is 0 Å². The second-order valence-electron chi connectivity index (χ2n) is 2.89. The fourth-order valence-corrected chi connectivity index (χ4v) is 0.638. The van der Waals surface area contributed by atoms with Gasteiger partial charge in [-0.25, -0.2) is 0 Å². The summed E-state index contributed by atoms with van der Waals surface area (Å²) in [6.07, 6.45) is 1.48. The Morgan fingerprint density at radius 2 is 1.12 bits per heavy atom. The molecular formula is C10H22MgO6. The summed E-state index contributed by atoms with van der Waals surface area (Å²) in [4.78, 5) is 28.2. The van der Waals surface area contributed by atoms with Gasteiger partial charge in [-0.3, -0.25) is 14.4 Å². The Morgan fingerprint density at radius 1 is 0.941 bits per heavy atom. The number of carboxylic acids is 3. The minimum atomic E-state index is -0.833. The first kappa shape index (κ1) is 25.1. The number of aliphatic carboxylic acids is 3. The smallest absolute Gasteiger partial charge is 1.00 e. The average molecular weight is 263 g/mol. The zero-order valence-electron chi connectivity index (χ0n) is 12.8. The Labute approximate surface area is 120 Å². The summed E-state index contributed by atoms with van der Waals surface area (Å²) >= 11 is 0. The standard InChI is InChI=1S/C6H12O2.2C2H4O2.Mg.2H/c1-3-5(4-2)6(7)8;2*1-2(3)4;;;/h5H,3-4H2,1-2H3,(H,7,8);2*1H3,(H,3,4);;;/q;;;+2;2*-1. The summed E-state index contributed by atoms with van der Waals surface area (Å²) in [5.41, 5.74) is 0. The van der Waals surface area contributed by atoms with E-state index < -0.39 is 17.9 Å². The van der Waals surface area contributed by atoms with Gasteiger partial charge in [0.15, 0.2) is 0 Å². The van der Waals surface area contributed by atoms with Gasteiger partial charge >= 0.3 is 29.0 Å². The molecule has 0 aromatic carbocycles. The van der Waals surface area contributed by atoms with Crippen molar-refractivity contribution in [3.8, 4) is 0 Å². The minimum absolute atomic E-state index is 0. The summed E-state index contributed by atoms with van der Waals surface area (Å²) in [5, 5.41) is 23.2. The average Bonchev–Trinajstić information content (AvgIpc) is 2.03. The molecule has 0 bridgehead atoms.